The number of ether oxygens (including phenoxy) is 1. The molecule has 1 aliphatic rings. The van der Waals surface area contributed by atoms with Gasteiger partial charge in [0.1, 0.15) is 17.7 Å². The van der Waals surface area contributed by atoms with E-state index in [-0.39, 0.29) is 23.8 Å². The van der Waals surface area contributed by atoms with E-state index >= 15 is 0 Å². The van der Waals surface area contributed by atoms with E-state index in [9.17, 15) is 13.9 Å². The Labute approximate surface area is 173 Å². The van der Waals surface area contributed by atoms with E-state index < -0.39 is 6.10 Å². The predicted octanol–water partition coefficient (Wildman–Crippen LogP) is 5.74. The Hall–Kier alpha value is -2.76. The van der Waals surface area contributed by atoms with Crippen LogP contribution in [0.2, 0.25) is 0 Å². The van der Waals surface area contributed by atoms with Crippen LogP contribution >= 0.6 is 0 Å². The van der Waals surface area contributed by atoms with E-state index in [1.807, 2.05) is 34.9 Å². The van der Waals surface area contributed by atoms with Crippen LogP contribution in [0.5, 0.6) is 0 Å². The molecule has 1 fully saturated rings. The average Bonchev–Trinajstić information content (AvgIpc) is 3.06. The molecule has 5 heteroatoms. The second-order valence-corrected chi connectivity index (χ2v) is 8.02. The van der Waals surface area contributed by atoms with Gasteiger partial charge in [-0.3, -0.25) is 0 Å². The molecule has 1 heterocycles. The van der Waals surface area contributed by atoms with Gasteiger partial charge in [0, 0.05) is 21.8 Å². The molecule has 0 saturated heterocycles. The maximum Gasteiger partial charge on any atom is 0.123 e. The van der Waals surface area contributed by atoms with Crippen LogP contribution in [0.3, 0.4) is 0 Å². The SMILES string of the molecule is O[C@H]1[C@H](n2c3ccc(F)cc3c3cc(F)ccc32)CCC[C@H]1OCc1ccccc1. The number of fused-ring (bicyclic) bond motifs is 3. The summed E-state index contributed by atoms with van der Waals surface area (Å²) >= 11 is 0. The molecule has 0 spiro atoms. The first-order chi connectivity index (χ1) is 14.6. The summed E-state index contributed by atoms with van der Waals surface area (Å²) in [5.74, 6) is -0.724. The topological polar surface area (TPSA) is 34.4 Å². The molecule has 4 aromatic rings. The van der Waals surface area contributed by atoms with Gasteiger partial charge in [-0.1, -0.05) is 30.3 Å². The summed E-state index contributed by atoms with van der Waals surface area (Å²) in [5, 5.41) is 12.5. The first-order valence-corrected chi connectivity index (χ1v) is 10.3. The number of nitrogens with zero attached hydrogens (tertiary/aromatic N) is 1. The third kappa shape index (κ3) is 3.38. The normalized spacial score (nSPS) is 22.0. The van der Waals surface area contributed by atoms with E-state index in [2.05, 4.69) is 0 Å². The Morgan fingerprint density at radius 2 is 1.50 bits per heavy atom. The minimum atomic E-state index is -0.712. The van der Waals surface area contributed by atoms with Gasteiger partial charge in [0.2, 0.25) is 0 Å². The molecule has 154 valence electrons. The van der Waals surface area contributed by atoms with Crippen LogP contribution in [-0.2, 0) is 11.3 Å². The molecule has 3 nitrogen and oxygen atoms in total. The Morgan fingerprint density at radius 3 is 2.13 bits per heavy atom. The molecule has 5 rings (SSSR count). The Bertz CT molecular complexity index is 1130. The van der Waals surface area contributed by atoms with E-state index in [0.29, 0.717) is 17.4 Å². The lowest BCUT2D eigenvalue weighted by molar-refractivity contribution is -0.0858. The quantitative estimate of drug-likeness (QED) is 0.468. The average molecular weight is 407 g/mol. The van der Waals surface area contributed by atoms with Gasteiger partial charge >= 0.3 is 0 Å². The number of aromatic nitrogens is 1. The number of aliphatic hydroxyl groups excluding tert-OH is 1. The lowest BCUT2D eigenvalue weighted by atomic mass is 9.89. The minimum absolute atomic E-state index is 0.226. The Morgan fingerprint density at radius 1 is 0.867 bits per heavy atom. The summed E-state index contributed by atoms with van der Waals surface area (Å²) in [6, 6.07) is 18.8. The van der Waals surface area contributed by atoms with Crippen LogP contribution in [0.4, 0.5) is 8.78 Å². The second-order valence-electron chi connectivity index (χ2n) is 8.02. The van der Waals surface area contributed by atoms with Crippen molar-refractivity contribution in [1.82, 2.24) is 4.57 Å². The molecule has 3 aromatic carbocycles. The van der Waals surface area contributed by atoms with Crippen LogP contribution in [0.25, 0.3) is 21.8 Å². The first-order valence-electron chi connectivity index (χ1n) is 10.3. The molecule has 1 aromatic heterocycles. The highest BCUT2D eigenvalue weighted by Crippen LogP contribution is 2.39. The fraction of sp³-hybridized carbons (Fsp3) is 0.280. The van der Waals surface area contributed by atoms with Crippen molar-refractivity contribution in [3.8, 4) is 0 Å². The molecule has 1 saturated carbocycles. The molecule has 0 radical (unpaired) electrons. The van der Waals surface area contributed by atoms with Gasteiger partial charge in [0.25, 0.3) is 0 Å². The zero-order valence-corrected chi connectivity index (χ0v) is 16.5. The molecule has 0 unspecified atom stereocenters. The minimum Gasteiger partial charge on any atom is -0.388 e. The number of halogens is 2. The van der Waals surface area contributed by atoms with Crippen molar-refractivity contribution in [2.24, 2.45) is 0 Å². The first kappa shape index (κ1) is 19.2. The van der Waals surface area contributed by atoms with Gasteiger partial charge in [0.05, 0.1) is 18.8 Å². The number of benzene rings is 3. The van der Waals surface area contributed by atoms with Crippen molar-refractivity contribution >= 4 is 21.8 Å². The predicted molar refractivity (Wildman–Crippen MR) is 113 cm³/mol. The zero-order valence-electron chi connectivity index (χ0n) is 16.5. The molecule has 1 N–H and O–H groups in total. The van der Waals surface area contributed by atoms with E-state index in [4.69, 9.17) is 4.74 Å². The third-order valence-corrected chi connectivity index (χ3v) is 6.13. The highest BCUT2D eigenvalue weighted by molar-refractivity contribution is 6.08. The Kier molecular flexibility index (Phi) is 5.01. The summed E-state index contributed by atoms with van der Waals surface area (Å²) in [5.41, 5.74) is 2.66. The standard InChI is InChI=1S/C25H23F2NO2/c26-17-9-11-21-19(13-17)20-14-18(27)10-12-22(20)28(21)23-7-4-8-24(25(23)29)30-15-16-5-2-1-3-6-16/h1-3,5-6,9-14,23-25,29H,4,7-8,15H2/t23-,24-,25+/m1/s1. The maximum atomic E-state index is 13.9. The fourth-order valence-electron chi connectivity index (χ4n) is 4.71. The molecule has 3 atom stereocenters. The molecule has 1 aliphatic carbocycles. The lowest BCUT2D eigenvalue weighted by Crippen LogP contribution is -2.40. The molecule has 0 aliphatic heterocycles. The van der Waals surface area contributed by atoms with Crippen molar-refractivity contribution in [2.45, 2.75) is 44.1 Å². The van der Waals surface area contributed by atoms with Crippen LogP contribution < -0.4 is 0 Å². The van der Waals surface area contributed by atoms with Crippen LogP contribution in [-0.4, -0.2) is 21.9 Å². The van der Waals surface area contributed by atoms with Gasteiger partial charge in [-0.05, 0) is 61.2 Å². The zero-order chi connectivity index (χ0) is 20.7. The maximum absolute atomic E-state index is 13.9. The largest absolute Gasteiger partial charge is 0.388 e. The van der Waals surface area contributed by atoms with Crippen molar-refractivity contribution in [1.29, 1.82) is 0 Å². The second kappa shape index (κ2) is 7.82. The highest BCUT2D eigenvalue weighted by atomic mass is 19.1. The van der Waals surface area contributed by atoms with Crippen molar-refractivity contribution in [3.63, 3.8) is 0 Å². The van der Waals surface area contributed by atoms with E-state index in [0.717, 1.165) is 35.9 Å². The molecule has 0 bridgehead atoms. The van der Waals surface area contributed by atoms with Crippen molar-refractivity contribution < 1.29 is 18.6 Å². The molecule has 0 amide bonds. The highest BCUT2D eigenvalue weighted by Gasteiger charge is 2.35. The number of hydrogen-bond donors (Lipinski definition) is 1. The van der Waals surface area contributed by atoms with Gasteiger partial charge in [-0.25, -0.2) is 8.78 Å². The van der Waals surface area contributed by atoms with E-state index in [1.54, 1.807) is 12.1 Å². The lowest BCUT2D eigenvalue weighted by Gasteiger charge is -2.36. The summed E-state index contributed by atoms with van der Waals surface area (Å²) in [4.78, 5) is 0. The molecular formula is C25H23F2NO2. The number of aliphatic hydroxyl groups is 1. The van der Waals surface area contributed by atoms with Crippen molar-refractivity contribution in [3.05, 3.63) is 83.9 Å². The van der Waals surface area contributed by atoms with Crippen LogP contribution in [0.15, 0.2) is 66.7 Å². The van der Waals surface area contributed by atoms with Crippen molar-refractivity contribution in [2.75, 3.05) is 0 Å². The summed E-state index contributed by atoms with van der Waals surface area (Å²) in [6.45, 7) is 0.443. The summed E-state index contributed by atoms with van der Waals surface area (Å²) in [6.07, 6.45) is 1.46. The Balaban J connectivity index is 1.52. The number of hydrogen-bond acceptors (Lipinski definition) is 2. The smallest absolute Gasteiger partial charge is 0.123 e. The molecular weight excluding hydrogens is 384 g/mol. The third-order valence-electron chi connectivity index (χ3n) is 6.13. The fourth-order valence-corrected chi connectivity index (χ4v) is 4.71. The summed E-state index contributed by atoms with van der Waals surface area (Å²) < 4.78 is 36.0. The van der Waals surface area contributed by atoms with Crippen LogP contribution in [0, 0.1) is 11.6 Å². The number of rotatable bonds is 4. The molecule has 30 heavy (non-hydrogen) atoms. The monoisotopic (exact) mass is 407 g/mol. The van der Waals surface area contributed by atoms with Gasteiger partial charge in [0.15, 0.2) is 0 Å². The summed E-state index contributed by atoms with van der Waals surface area (Å²) in [7, 11) is 0. The van der Waals surface area contributed by atoms with E-state index in [1.165, 1.54) is 24.3 Å². The van der Waals surface area contributed by atoms with Gasteiger partial charge in [-0.2, -0.15) is 0 Å². The van der Waals surface area contributed by atoms with Gasteiger partial charge in [-0.15, -0.1) is 0 Å². The van der Waals surface area contributed by atoms with Crippen LogP contribution in [0.1, 0.15) is 30.9 Å². The van der Waals surface area contributed by atoms with Gasteiger partial charge < -0.3 is 14.4 Å².